The molecule has 5 nitrogen and oxygen atoms in total. The van der Waals surface area contributed by atoms with Crippen LogP contribution in [0.5, 0.6) is 0 Å². The van der Waals surface area contributed by atoms with E-state index in [0.717, 1.165) is 11.3 Å². The van der Waals surface area contributed by atoms with Crippen molar-refractivity contribution in [3.05, 3.63) is 70.4 Å². The summed E-state index contributed by atoms with van der Waals surface area (Å²) in [5.41, 5.74) is 0.908. The van der Waals surface area contributed by atoms with Gasteiger partial charge in [-0.1, -0.05) is 23.7 Å². The van der Waals surface area contributed by atoms with Crippen LogP contribution in [0.15, 0.2) is 54.7 Å². The van der Waals surface area contributed by atoms with Gasteiger partial charge in [0, 0.05) is 16.3 Å². The SMILES string of the molecule is O=C(CNC(=O)c1cnc(-c2ccccc2F)s1)Nc1ccc(Cl)cc1. The number of halogens is 2. The van der Waals surface area contributed by atoms with E-state index in [4.69, 9.17) is 11.6 Å². The first kappa shape index (κ1) is 18.0. The van der Waals surface area contributed by atoms with Gasteiger partial charge in [0.2, 0.25) is 5.91 Å². The number of benzene rings is 2. The summed E-state index contributed by atoms with van der Waals surface area (Å²) >= 11 is 6.83. The molecule has 0 aliphatic rings. The fourth-order valence-electron chi connectivity index (χ4n) is 2.12. The highest BCUT2D eigenvalue weighted by Gasteiger charge is 2.14. The monoisotopic (exact) mass is 389 g/mol. The summed E-state index contributed by atoms with van der Waals surface area (Å²) in [6, 6.07) is 12.8. The summed E-state index contributed by atoms with van der Waals surface area (Å²) in [6.45, 7) is -0.200. The highest BCUT2D eigenvalue weighted by Crippen LogP contribution is 2.27. The van der Waals surface area contributed by atoms with E-state index in [-0.39, 0.29) is 12.5 Å². The Morgan fingerprint density at radius 3 is 2.58 bits per heavy atom. The number of rotatable bonds is 5. The number of aromatic nitrogens is 1. The normalized spacial score (nSPS) is 10.4. The number of nitrogens with zero attached hydrogens (tertiary/aromatic N) is 1. The molecule has 0 unspecified atom stereocenters. The highest BCUT2D eigenvalue weighted by molar-refractivity contribution is 7.16. The first-order valence-corrected chi connectivity index (χ1v) is 8.77. The molecule has 2 aromatic carbocycles. The average Bonchev–Trinajstić information content (AvgIpc) is 3.12. The molecule has 0 fully saturated rings. The van der Waals surface area contributed by atoms with Gasteiger partial charge in [-0.25, -0.2) is 9.37 Å². The lowest BCUT2D eigenvalue weighted by Gasteiger charge is -2.06. The van der Waals surface area contributed by atoms with Crippen molar-refractivity contribution in [1.82, 2.24) is 10.3 Å². The Bertz CT molecular complexity index is 944. The largest absolute Gasteiger partial charge is 0.342 e. The van der Waals surface area contributed by atoms with Crippen LogP contribution in [0, 0.1) is 5.82 Å². The molecule has 8 heteroatoms. The maximum absolute atomic E-state index is 13.8. The third-order valence-electron chi connectivity index (χ3n) is 3.37. The van der Waals surface area contributed by atoms with E-state index in [1.165, 1.54) is 12.3 Å². The summed E-state index contributed by atoms with van der Waals surface area (Å²) in [4.78, 5) is 28.4. The standard InChI is InChI=1S/C18H13ClFN3O2S/c19-11-5-7-12(8-6-11)23-16(24)10-21-17(25)15-9-22-18(26-15)13-3-1-2-4-14(13)20/h1-9H,10H2,(H,21,25)(H,23,24). The van der Waals surface area contributed by atoms with Crippen LogP contribution in [-0.4, -0.2) is 23.3 Å². The van der Waals surface area contributed by atoms with Crippen molar-refractivity contribution in [2.24, 2.45) is 0 Å². The number of anilines is 1. The van der Waals surface area contributed by atoms with E-state index < -0.39 is 11.7 Å². The first-order valence-electron chi connectivity index (χ1n) is 7.57. The minimum Gasteiger partial charge on any atom is -0.342 e. The molecule has 0 saturated heterocycles. The van der Waals surface area contributed by atoms with Gasteiger partial charge in [-0.2, -0.15) is 0 Å². The zero-order valence-electron chi connectivity index (χ0n) is 13.3. The minimum absolute atomic E-state index is 0.200. The molecule has 2 N–H and O–H groups in total. The molecule has 132 valence electrons. The van der Waals surface area contributed by atoms with Crippen LogP contribution in [0.4, 0.5) is 10.1 Å². The van der Waals surface area contributed by atoms with Crippen LogP contribution in [0.1, 0.15) is 9.67 Å². The maximum Gasteiger partial charge on any atom is 0.263 e. The van der Waals surface area contributed by atoms with Crippen LogP contribution in [0.2, 0.25) is 5.02 Å². The van der Waals surface area contributed by atoms with Crippen LogP contribution >= 0.6 is 22.9 Å². The molecule has 0 saturated carbocycles. The number of amides is 2. The Morgan fingerprint density at radius 2 is 1.85 bits per heavy atom. The molecule has 0 aliphatic carbocycles. The topological polar surface area (TPSA) is 71.1 Å². The second-order valence-electron chi connectivity index (χ2n) is 5.25. The first-order chi connectivity index (χ1) is 12.5. The van der Waals surface area contributed by atoms with Crippen LogP contribution < -0.4 is 10.6 Å². The van der Waals surface area contributed by atoms with E-state index >= 15 is 0 Å². The van der Waals surface area contributed by atoms with Gasteiger partial charge in [-0.3, -0.25) is 9.59 Å². The quantitative estimate of drug-likeness (QED) is 0.693. The van der Waals surface area contributed by atoms with E-state index in [2.05, 4.69) is 15.6 Å². The van der Waals surface area contributed by atoms with Crippen molar-refractivity contribution in [2.75, 3.05) is 11.9 Å². The van der Waals surface area contributed by atoms with Gasteiger partial charge in [0.25, 0.3) is 5.91 Å². The molecule has 0 spiro atoms. The number of hydrogen-bond donors (Lipinski definition) is 2. The summed E-state index contributed by atoms with van der Waals surface area (Å²) in [6.07, 6.45) is 1.36. The van der Waals surface area contributed by atoms with E-state index in [9.17, 15) is 14.0 Å². The average molecular weight is 390 g/mol. The molecule has 3 aromatic rings. The molecule has 0 bridgehead atoms. The molecule has 3 rings (SSSR count). The molecule has 0 radical (unpaired) electrons. The zero-order valence-corrected chi connectivity index (χ0v) is 14.9. The van der Waals surface area contributed by atoms with Crippen LogP contribution in [-0.2, 0) is 4.79 Å². The molecule has 1 heterocycles. The number of carbonyl (C=O) groups excluding carboxylic acids is 2. The molecular formula is C18H13ClFN3O2S. The Hall–Kier alpha value is -2.77. The van der Waals surface area contributed by atoms with E-state index in [1.54, 1.807) is 42.5 Å². The third-order valence-corrected chi connectivity index (χ3v) is 4.65. The smallest absolute Gasteiger partial charge is 0.263 e. The molecule has 0 atom stereocenters. The van der Waals surface area contributed by atoms with Gasteiger partial charge in [-0.15, -0.1) is 11.3 Å². The van der Waals surface area contributed by atoms with Crippen molar-refractivity contribution in [1.29, 1.82) is 0 Å². The zero-order chi connectivity index (χ0) is 18.5. The van der Waals surface area contributed by atoms with Gasteiger partial charge in [0.1, 0.15) is 15.7 Å². The van der Waals surface area contributed by atoms with Crippen molar-refractivity contribution in [3.63, 3.8) is 0 Å². The van der Waals surface area contributed by atoms with Crippen molar-refractivity contribution in [3.8, 4) is 10.6 Å². The van der Waals surface area contributed by atoms with Gasteiger partial charge < -0.3 is 10.6 Å². The third kappa shape index (κ3) is 4.44. The summed E-state index contributed by atoms with van der Waals surface area (Å²) in [5, 5.41) is 6.11. The van der Waals surface area contributed by atoms with Crippen molar-refractivity contribution in [2.45, 2.75) is 0 Å². The molecule has 0 aliphatic heterocycles. The van der Waals surface area contributed by atoms with E-state index in [0.29, 0.717) is 26.2 Å². The minimum atomic E-state index is -0.448. The van der Waals surface area contributed by atoms with Crippen LogP contribution in [0.3, 0.4) is 0 Å². The molecule has 2 amide bonds. The lowest BCUT2D eigenvalue weighted by molar-refractivity contribution is -0.115. The Morgan fingerprint density at radius 1 is 1.12 bits per heavy atom. The molecule has 26 heavy (non-hydrogen) atoms. The maximum atomic E-state index is 13.8. The van der Waals surface area contributed by atoms with Gasteiger partial charge in [-0.05, 0) is 36.4 Å². The van der Waals surface area contributed by atoms with Crippen molar-refractivity contribution < 1.29 is 14.0 Å². The predicted octanol–water partition coefficient (Wildman–Crippen LogP) is 3.97. The van der Waals surface area contributed by atoms with Crippen molar-refractivity contribution >= 4 is 40.4 Å². The summed E-state index contributed by atoms with van der Waals surface area (Å²) in [7, 11) is 0. The van der Waals surface area contributed by atoms with E-state index in [1.807, 2.05) is 0 Å². The lowest BCUT2D eigenvalue weighted by Crippen LogP contribution is -2.32. The van der Waals surface area contributed by atoms with Gasteiger partial charge in [0.15, 0.2) is 0 Å². The number of thiazole rings is 1. The fraction of sp³-hybridized carbons (Fsp3) is 0.0556. The Kier molecular flexibility index (Phi) is 5.60. The van der Waals surface area contributed by atoms with Crippen LogP contribution in [0.25, 0.3) is 10.6 Å². The fourth-order valence-corrected chi connectivity index (χ4v) is 3.11. The summed E-state index contributed by atoms with van der Waals surface area (Å²) in [5.74, 6) is -1.23. The highest BCUT2D eigenvalue weighted by atomic mass is 35.5. The Balaban J connectivity index is 1.58. The number of hydrogen-bond acceptors (Lipinski definition) is 4. The summed E-state index contributed by atoms with van der Waals surface area (Å²) < 4.78 is 13.8. The molecule has 1 aromatic heterocycles. The predicted molar refractivity (Wildman–Crippen MR) is 99.9 cm³/mol. The number of nitrogens with one attached hydrogen (secondary N) is 2. The van der Waals surface area contributed by atoms with Gasteiger partial charge in [0.05, 0.1) is 12.7 Å². The number of carbonyl (C=O) groups is 2. The molecular weight excluding hydrogens is 377 g/mol. The Labute approximate surface area is 157 Å². The van der Waals surface area contributed by atoms with Gasteiger partial charge >= 0.3 is 0 Å². The second-order valence-corrected chi connectivity index (χ2v) is 6.71. The lowest BCUT2D eigenvalue weighted by atomic mass is 10.2. The second kappa shape index (κ2) is 8.07.